The minimum Gasteiger partial charge on any atom is -0.357 e. The molecule has 1 saturated carbocycles. The molecule has 1 aromatic carbocycles. The van der Waals surface area contributed by atoms with Crippen LogP contribution in [-0.4, -0.2) is 29.9 Å². The van der Waals surface area contributed by atoms with E-state index in [4.69, 9.17) is 11.6 Å². The molecule has 1 fully saturated rings. The van der Waals surface area contributed by atoms with Gasteiger partial charge in [0.15, 0.2) is 0 Å². The van der Waals surface area contributed by atoms with E-state index in [9.17, 15) is 9.59 Å². The summed E-state index contributed by atoms with van der Waals surface area (Å²) in [6, 6.07) is 6.83. The van der Waals surface area contributed by atoms with E-state index in [0.29, 0.717) is 10.7 Å². The van der Waals surface area contributed by atoms with Crippen molar-refractivity contribution in [2.24, 2.45) is 5.92 Å². The van der Waals surface area contributed by atoms with Crippen LogP contribution in [-0.2, 0) is 4.79 Å². The summed E-state index contributed by atoms with van der Waals surface area (Å²) in [5.41, 5.74) is 1.25. The third-order valence-corrected chi connectivity index (χ3v) is 5.91. The van der Waals surface area contributed by atoms with Gasteiger partial charge in [0.25, 0.3) is 5.91 Å². The molecule has 26 heavy (non-hydrogen) atoms. The third kappa shape index (κ3) is 4.43. The number of benzene rings is 1. The minimum atomic E-state index is -0.506. The molecular weight excluding hydrogens is 370 g/mol. The molecule has 7 heteroatoms. The van der Waals surface area contributed by atoms with Crippen molar-refractivity contribution in [2.45, 2.75) is 38.1 Å². The molecule has 138 valence electrons. The van der Waals surface area contributed by atoms with Gasteiger partial charge in [-0.2, -0.15) is 0 Å². The molecule has 1 heterocycles. The van der Waals surface area contributed by atoms with E-state index in [1.807, 2.05) is 12.1 Å². The van der Waals surface area contributed by atoms with Crippen molar-refractivity contribution >= 4 is 34.8 Å². The van der Waals surface area contributed by atoms with Crippen molar-refractivity contribution in [2.75, 3.05) is 7.05 Å². The Kier molecular flexibility index (Phi) is 6.27. The normalized spacial score (nSPS) is 16.1. The van der Waals surface area contributed by atoms with Crippen LogP contribution in [0.1, 0.15) is 42.6 Å². The Morgan fingerprint density at radius 3 is 2.54 bits per heavy atom. The van der Waals surface area contributed by atoms with Gasteiger partial charge < -0.3 is 10.6 Å². The van der Waals surface area contributed by atoms with E-state index in [2.05, 4.69) is 15.6 Å². The maximum absolute atomic E-state index is 12.6. The number of likely N-dealkylation sites (N-methyl/N-ethyl adjacent to an activating group) is 1. The Morgan fingerprint density at radius 2 is 1.88 bits per heavy atom. The fraction of sp³-hybridized carbons (Fsp3) is 0.421. The average Bonchev–Trinajstić information content (AvgIpc) is 3.17. The van der Waals surface area contributed by atoms with Gasteiger partial charge in [0.05, 0.1) is 0 Å². The molecule has 1 atom stereocenters. The minimum absolute atomic E-state index is 0.140. The van der Waals surface area contributed by atoms with Crippen LogP contribution in [0.4, 0.5) is 0 Å². The predicted molar refractivity (Wildman–Crippen MR) is 104 cm³/mol. The smallest absolute Gasteiger partial charge is 0.271 e. The fourth-order valence-corrected chi connectivity index (χ4v) is 4.27. The first-order valence-corrected chi connectivity index (χ1v) is 10.1. The molecule has 0 bridgehead atoms. The van der Waals surface area contributed by atoms with E-state index >= 15 is 0 Å². The summed E-state index contributed by atoms with van der Waals surface area (Å²) in [5, 5.41) is 8.70. The summed E-state index contributed by atoms with van der Waals surface area (Å²) >= 11 is 7.31. The van der Waals surface area contributed by atoms with Crippen molar-refractivity contribution in [3.8, 4) is 10.6 Å². The molecule has 2 amide bonds. The number of thiazole rings is 1. The summed E-state index contributed by atoms with van der Waals surface area (Å²) in [7, 11) is 1.60. The first-order chi connectivity index (χ1) is 12.6. The molecule has 3 rings (SSSR count). The van der Waals surface area contributed by atoms with Crippen LogP contribution >= 0.6 is 22.9 Å². The Balaban J connectivity index is 1.73. The molecule has 2 N–H and O–H groups in total. The highest BCUT2D eigenvalue weighted by Gasteiger charge is 2.31. The quantitative estimate of drug-likeness (QED) is 0.812. The maximum Gasteiger partial charge on any atom is 0.271 e. The molecule has 0 radical (unpaired) electrons. The van der Waals surface area contributed by atoms with Crippen LogP contribution in [0.3, 0.4) is 0 Å². The molecule has 2 aromatic rings. The van der Waals surface area contributed by atoms with E-state index in [1.54, 1.807) is 24.6 Å². The molecule has 1 unspecified atom stereocenters. The zero-order chi connectivity index (χ0) is 18.5. The second kappa shape index (κ2) is 8.64. The van der Waals surface area contributed by atoms with Gasteiger partial charge in [-0.05, 0) is 30.9 Å². The topological polar surface area (TPSA) is 71.1 Å². The van der Waals surface area contributed by atoms with E-state index < -0.39 is 6.04 Å². The van der Waals surface area contributed by atoms with Crippen molar-refractivity contribution in [1.29, 1.82) is 0 Å². The molecule has 5 nitrogen and oxygen atoms in total. The van der Waals surface area contributed by atoms with Gasteiger partial charge in [0.2, 0.25) is 5.91 Å². The highest BCUT2D eigenvalue weighted by atomic mass is 35.5. The van der Waals surface area contributed by atoms with Crippen LogP contribution in [0.5, 0.6) is 0 Å². The molecule has 0 aliphatic heterocycles. The summed E-state index contributed by atoms with van der Waals surface area (Å²) in [6.45, 7) is 0. The van der Waals surface area contributed by atoms with Gasteiger partial charge in [0, 0.05) is 23.0 Å². The monoisotopic (exact) mass is 391 g/mol. The van der Waals surface area contributed by atoms with Crippen LogP contribution < -0.4 is 10.6 Å². The Bertz CT molecular complexity index is 769. The zero-order valence-electron chi connectivity index (χ0n) is 14.6. The number of carbonyl (C=O) groups excluding carboxylic acids is 2. The van der Waals surface area contributed by atoms with Crippen molar-refractivity contribution in [3.63, 3.8) is 0 Å². The SMILES string of the molecule is CNC(=O)C(NC(=O)c1csc(-c2ccc(Cl)cc2)n1)C1CCCCC1. The van der Waals surface area contributed by atoms with Gasteiger partial charge in [-0.15, -0.1) is 11.3 Å². The molecule has 0 spiro atoms. The number of aromatic nitrogens is 1. The van der Waals surface area contributed by atoms with Crippen LogP contribution in [0, 0.1) is 5.92 Å². The van der Waals surface area contributed by atoms with E-state index in [1.165, 1.54) is 17.8 Å². The lowest BCUT2D eigenvalue weighted by molar-refractivity contribution is -0.124. The maximum atomic E-state index is 12.6. The standard InChI is InChI=1S/C19H22ClN3O2S/c1-21-18(25)16(12-5-3-2-4-6-12)23-17(24)15-11-26-19(22-15)13-7-9-14(20)10-8-13/h7-12,16H,2-6H2,1H3,(H,21,25)(H,23,24). The Labute approximate surface area is 162 Å². The average molecular weight is 392 g/mol. The number of hydrogen-bond acceptors (Lipinski definition) is 4. The van der Waals surface area contributed by atoms with Crippen molar-refractivity contribution < 1.29 is 9.59 Å². The molecule has 1 aliphatic carbocycles. The number of hydrogen-bond donors (Lipinski definition) is 2. The second-order valence-electron chi connectivity index (χ2n) is 6.51. The number of nitrogens with zero attached hydrogens (tertiary/aromatic N) is 1. The van der Waals surface area contributed by atoms with Crippen LogP contribution in [0.15, 0.2) is 29.6 Å². The lowest BCUT2D eigenvalue weighted by Gasteiger charge is -2.29. The Hall–Kier alpha value is -1.92. The van der Waals surface area contributed by atoms with Crippen molar-refractivity contribution in [3.05, 3.63) is 40.4 Å². The van der Waals surface area contributed by atoms with Crippen molar-refractivity contribution in [1.82, 2.24) is 15.6 Å². The Morgan fingerprint density at radius 1 is 1.19 bits per heavy atom. The lowest BCUT2D eigenvalue weighted by atomic mass is 9.83. The number of halogens is 1. The molecule has 1 aliphatic rings. The lowest BCUT2D eigenvalue weighted by Crippen LogP contribution is -2.50. The molecule has 1 aromatic heterocycles. The van der Waals surface area contributed by atoms with Crippen LogP contribution in [0.25, 0.3) is 10.6 Å². The predicted octanol–water partition coefficient (Wildman–Crippen LogP) is 3.89. The van der Waals surface area contributed by atoms with E-state index in [0.717, 1.165) is 36.3 Å². The number of nitrogens with one attached hydrogen (secondary N) is 2. The summed E-state index contributed by atoms with van der Waals surface area (Å²) < 4.78 is 0. The largest absolute Gasteiger partial charge is 0.357 e. The summed E-state index contributed by atoms with van der Waals surface area (Å²) in [6.07, 6.45) is 5.33. The summed E-state index contributed by atoms with van der Waals surface area (Å²) in [4.78, 5) is 29.4. The highest BCUT2D eigenvalue weighted by molar-refractivity contribution is 7.13. The first kappa shape index (κ1) is 18.9. The van der Waals surface area contributed by atoms with Gasteiger partial charge >= 0.3 is 0 Å². The first-order valence-electron chi connectivity index (χ1n) is 8.82. The number of amides is 2. The van der Waals surface area contributed by atoms with Gasteiger partial charge in [-0.1, -0.05) is 43.0 Å². The number of carbonyl (C=O) groups is 2. The van der Waals surface area contributed by atoms with Gasteiger partial charge in [-0.25, -0.2) is 4.98 Å². The van der Waals surface area contributed by atoms with Gasteiger partial charge in [-0.3, -0.25) is 9.59 Å². The van der Waals surface area contributed by atoms with Crippen LogP contribution in [0.2, 0.25) is 5.02 Å². The molecule has 0 saturated heterocycles. The van der Waals surface area contributed by atoms with E-state index in [-0.39, 0.29) is 17.7 Å². The fourth-order valence-electron chi connectivity index (χ4n) is 3.34. The third-order valence-electron chi connectivity index (χ3n) is 4.76. The van der Waals surface area contributed by atoms with Gasteiger partial charge in [0.1, 0.15) is 16.7 Å². The highest BCUT2D eigenvalue weighted by Crippen LogP contribution is 2.28. The second-order valence-corrected chi connectivity index (χ2v) is 7.80. The number of rotatable bonds is 5. The summed E-state index contributed by atoms with van der Waals surface area (Å²) in [5.74, 6) is -0.263. The zero-order valence-corrected chi connectivity index (χ0v) is 16.2. The molecular formula is C19H22ClN3O2S.